The Kier molecular flexibility index (Phi) is 1.80. The summed E-state index contributed by atoms with van der Waals surface area (Å²) in [6.45, 7) is -0.397. The van der Waals surface area contributed by atoms with Crippen LogP contribution in [0.4, 0.5) is 13.2 Å². The maximum Gasteiger partial charge on any atom is 0.432 e. The Balaban J connectivity index is 2.79. The maximum absolute atomic E-state index is 11.8. The minimum absolute atomic E-state index is 0.397. The number of alkyl halides is 3. The van der Waals surface area contributed by atoms with Crippen molar-refractivity contribution in [2.45, 2.75) is 6.18 Å². The van der Waals surface area contributed by atoms with Gasteiger partial charge in [-0.05, 0) is 12.2 Å². The number of aliphatic imine (C=N–C) groups is 1. The molecular formula is C6H4F3NO. The van der Waals surface area contributed by atoms with Crippen LogP contribution in [0.3, 0.4) is 0 Å². The molecule has 1 aliphatic rings. The molecule has 0 aromatic heterocycles. The largest absolute Gasteiger partial charge is 0.432 e. The molecule has 0 fully saturated rings. The standard InChI is InChI=1S/C6H4F3NO/c7-6(8,9)5-2-1-4(11)3-10-5/h1-2H,3H2. The Morgan fingerprint density at radius 3 is 2.36 bits per heavy atom. The lowest BCUT2D eigenvalue weighted by molar-refractivity contribution is -0.113. The van der Waals surface area contributed by atoms with Crippen molar-refractivity contribution in [1.29, 1.82) is 0 Å². The lowest BCUT2D eigenvalue weighted by atomic mass is 10.2. The zero-order valence-electron chi connectivity index (χ0n) is 5.35. The first-order valence-corrected chi connectivity index (χ1v) is 2.83. The van der Waals surface area contributed by atoms with Crippen LogP contribution < -0.4 is 0 Å². The summed E-state index contributed by atoms with van der Waals surface area (Å²) in [4.78, 5) is 13.4. The first kappa shape index (κ1) is 7.97. The van der Waals surface area contributed by atoms with E-state index in [1.165, 1.54) is 0 Å². The first-order chi connectivity index (χ1) is 5.00. The van der Waals surface area contributed by atoms with E-state index in [4.69, 9.17) is 0 Å². The van der Waals surface area contributed by atoms with Gasteiger partial charge < -0.3 is 0 Å². The summed E-state index contributed by atoms with van der Waals surface area (Å²) in [6.07, 6.45) is -2.86. The third-order valence-corrected chi connectivity index (χ3v) is 1.12. The van der Waals surface area contributed by atoms with E-state index in [0.29, 0.717) is 6.08 Å². The normalized spacial score (nSPS) is 18.5. The lowest BCUT2D eigenvalue weighted by Gasteiger charge is -2.08. The summed E-state index contributed by atoms with van der Waals surface area (Å²) in [5, 5.41) is 0. The fraction of sp³-hybridized carbons (Fsp3) is 0.333. The molecule has 0 saturated carbocycles. The topological polar surface area (TPSA) is 29.4 Å². The molecule has 0 aliphatic carbocycles. The van der Waals surface area contributed by atoms with Crippen LogP contribution in [0.5, 0.6) is 0 Å². The fourth-order valence-corrected chi connectivity index (χ4v) is 0.625. The van der Waals surface area contributed by atoms with Gasteiger partial charge in [0.15, 0.2) is 5.78 Å². The van der Waals surface area contributed by atoms with Crippen LogP contribution in [-0.2, 0) is 4.79 Å². The van der Waals surface area contributed by atoms with Crippen LogP contribution in [-0.4, -0.2) is 24.2 Å². The van der Waals surface area contributed by atoms with E-state index in [9.17, 15) is 18.0 Å². The monoisotopic (exact) mass is 163 g/mol. The van der Waals surface area contributed by atoms with E-state index in [1.807, 2.05) is 0 Å². The molecule has 0 unspecified atom stereocenters. The number of hydrogen-bond donors (Lipinski definition) is 0. The van der Waals surface area contributed by atoms with E-state index in [0.717, 1.165) is 6.08 Å². The molecule has 60 valence electrons. The molecule has 0 atom stereocenters. The number of halogens is 3. The van der Waals surface area contributed by atoms with Crippen molar-refractivity contribution < 1.29 is 18.0 Å². The van der Waals surface area contributed by atoms with Gasteiger partial charge in [-0.2, -0.15) is 13.2 Å². The van der Waals surface area contributed by atoms with Crippen LogP contribution in [0.15, 0.2) is 17.1 Å². The van der Waals surface area contributed by atoms with Gasteiger partial charge in [-0.3, -0.25) is 9.79 Å². The number of ketones is 1. The number of hydrogen-bond acceptors (Lipinski definition) is 2. The number of nitrogens with zero attached hydrogens (tertiary/aromatic N) is 1. The van der Waals surface area contributed by atoms with Crippen molar-refractivity contribution in [3.63, 3.8) is 0 Å². The molecule has 0 radical (unpaired) electrons. The Morgan fingerprint density at radius 1 is 1.36 bits per heavy atom. The third kappa shape index (κ3) is 1.89. The van der Waals surface area contributed by atoms with Gasteiger partial charge in [0.2, 0.25) is 0 Å². The van der Waals surface area contributed by atoms with Gasteiger partial charge in [-0.25, -0.2) is 0 Å². The molecule has 1 rings (SSSR count). The van der Waals surface area contributed by atoms with Gasteiger partial charge in [0.05, 0.1) is 0 Å². The minimum atomic E-state index is -4.43. The van der Waals surface area contributed by atoms with Gasteiger partial charge in [0.1, 0.15) is 12.3 Å². The number of carbonyl (C=O) groups is 1. The molecule has 1 aliphatic heterocycles. The van der Waals surface area contributed by atoms with Gasteiger partial charge in [0.25, 0.3) is 0 Å². The third-order valence-electron chi connectivity index (χ3n) is 1.12. The van der Waals surface area contributed by atoms with Crippen LogP contribution >= 0.6 is 0 Å². The van der Waals surface area contributed by atoms with Crippen LogP contribution in [0.1, 0.15) is 0 Å². The second kappa shape index (κ2) is 2.48. The molecule has 5 heteroatoms. The second-order valence-electron chi connectivity index (χ2n) is 2.00. The number of rotatable bonds is 0. The molecule has 0 saturated heterocycles. The molecule has 0 aromatic carbocycles. The molecule has 0 N–H and O–H groups in total. The Bertz CT molecular complexity index is 239. The van der Waals surface area contributed by atoms with Crippen molar-refractivity contribution in [2.75, 3.05) is 6.54 Å². The summed E-state index contributed by atoms with van der Waals surface area (Å²) >= 11 is 0. The zero-order chi connectivity index (χ0) is 8.48. The number of allylic oxidation sites excluding steroid dienone is 1. The van der Waals surface area contributed by atoms with E-state index < -0.39 is 24.2 Å². The van der Waals surface area contributed by atoms with Crippen molar-refractivity contribution in [3.05, 3.63) is 12.2 Å². The number of dihydropyridines is 1. The van der Waals surface area contributed by atoms with Gasteiger partial charge >= 0.3 is 6.18 Å². The maximum atomic E-state index is 11.8. The smallest absolute Gasteiger partial charge is 0.293 e. The van der Waals surface area contributed by atoms with Crippen molar-refractivity contribution >= 4 is 11.5 Å². The Morgan fingerprint density at radius 2 is 2.00 bits per heavy atom. The molecule has 0 bridgehead atoms. The Hall–Kier alpha value is -1.13. The molecule has 0 amide bonds. The van der Waals surface area contributed by atoms with Crippen LogP contribution in [0.25, 0.3) is 0 Å². The molecule has 11 heavy (non-hydrogen) atoms. The van der Waals surface area contributed by atoms with Crippen LogP contribution in [0.2, 0.25) is 0 Å². The molecule has 1 heterocycles. The Labute approximate surface area is 60.4 Å². The SMILES string of the molecule is O=C1C=CC(C(F)(F)F)=NC1. The van der Waals surface area contributed by atoms with E-state index >= 15 is 0 Å². The highest BCUT2D eigenvalue weighted by molar-refractivity contribution is 6.08. The second-order valence-corrected chi connectivity index (χ2v) is 2.00. The highest BCUT2D eigenvalue weighted by atomic mass is 19.4. The lowest BCUT2D eigenvalue weighted by Crippen LogP contribution is -2.24. The highest BCUT2D eigenvalue weighted by Crippen LogP contribution is 2.19. The summed E-state index contributed by atoms with van der Waals surface area (Å²) < 4.78 is 35.3. The van der Waals surface area contributed by atoms with Gasteiger partial charge in [-0.15, -0.1) is 0 Å². The summed E-state index contributed by atoms with van der Waals surface area (Å²) in [6, 6.07) is 0. The van der Waals surface area contributed by atoms with Gasteiger partial charge in [0, 0.05) is 0 Å². The fourth-order valence-electron chi connectivity index (χ4n) is 0.625. The van der Waals surface area contributed by atoms with Crippen molar-refractivity contribution in [2.24, 2.45) is 4.99 Å². The summed E-state index contributed by atoms with van der Waals surface area (Å²) in [5.74, 6) is -0.405. The van der Waals surface area contributed by atoms with E-state index in [2.05, 4.69) is 4.99 Å². The average Bonchev–Trinajstić information content (AvgIpc) is 1.86. The molecular weight excluding hydrogens is 159 g/mol. The predicted octanol–water partition coefficient (Wildman–Crippen LogP) is 1.13. The van der Waals surface area contributed by atoms with Crippen molar-refractivity contribution in [3.8, 4) is 0 Å². The quantitative estimate of drug-likeness (QED) is 0.526. The van der Waals surface area contributed by atoms with E-state index in [1.54, 1.807) is 0 Å². The predicted molar refractivity (Wildman–Crippen MR) is 32.5 cm³/mol. The van der Waals surface area contributed by atoms with Gasteiger partial charge in [-0.1, -0.05) is 0 Å². The summed E-state index contributed by atoms with van der Waals surface area (Å²) in [5.41, 5.74) is -0.989. The van der Waals surface area contributed by atoms with Crippen molar-refractivity contribution in [1.82, 2.24) is 0 Å². The van der Waals surface area contributed by atoms with E-state index in [-0.39, 0.29) is 0 Å². The summed E-state index contributed by atoms with van der Waals surface area (Å²) in [7, 11) is 0. The highest BCUT2D eigenvalue weighted by Gasteiger charge is 2.34. The average molecular weight is 163 g/mol. The molecule has 0 aromatic rings. The zero-order valence-corrected chi connectivity index (χ0v) is 5.35. The van der Waals surface area contributed by atoms with Crippen LogP contribution in [0, 0.1) is 0 Å². The molecule has 2 nitrogen and oxygen atoms in total. The number of carbonyl (C=O) groups excluding carboxylic acids is 1. The minimum Gasteiger partial charge on any atom is -0.293 e. The first-order valence-electron chi connectivity index (χ1n) is 2.83. The molecule has 0 spiro atoms.